The minimum atomic E-state index is -1.35. The lowest BCUT2D eigenvalue weighted by atomic mass is 10.1. The van der Waals surface area contributed by atoms with E-state index in [0.717, 1.165) is 5.56 Å². The van der Waals surface area contributed by atoms with Crippen molar-refractivity contribution in [2.45, 2.75) is 0 Å². The van der Waals surface area contributed by atoms with Gasteiger partial charge in [0, 0.05) is 10.6 Å². The van der Waals surface area contributed by atoms with Crippen molar-refractivity contribution >= 4 is 29.4 Å². The van der Waals surface area contributed by atoms with Crippen molar-refractivity contribution in [2.24, 2.45) is 0 Å². The molecule has 0 saturated heterocycles. The van der Waals surface area contributed by atoms with E-state index in [4.69, 9.17) is 21.1 Å². The van der Waals surface area contributed by atoms with Gasteiger partial charge < -0.3 is 19.4 Å². The van der Waals surface area contributed by atoms with E-state index >= 15 is 0 Å². The Balaban J connectivity index is 2.17. The van der Waals surface area contributed by atoms with E-state index in [1.807, 2.05) is 6.07 Å². The normalized spacial score (nSPS) is 10.6. The van der Waals surface area contributed by atoms with Crippen molar-refractivity contribution < 1.29 is 24.2 Å². The van der Waals surface area contributed by atoms with Gasteiger partial charge >= 0.3 is 0 Å². The lowest BCUT2D eigenvalue weighted by Gasteiger charge is -2.11. The monoisotopic (exact) mass is 345 g/mol. The quantitative estimate of drug-likeness (QED) is 0.569. The Morgan fingerprint density at radius 2 is 1.92 bits per heavy atom. The van der Waals surface area contributed by atoms with Gasteiger partial charge in [-0.3, -0.25) is 4.79 Å². The van der Waals surface area contributed by atoms with Crippen LogP contribution in [-0.2, 0) is 4.79 Å². The number of rotatable bonds is 7. The van der Waals surface area contributed by atoms with Gasteiger partial charge in [0.2, 0.25) is 0 Å². The summed E-state index contributed by atoms with van der Waals surface area (Å²) < 4.78 is 10.1. The molecule has 0 aliphatic carbocycles. The molecular formula is C18H14ClO5-. The second-order valence-electron chi connectivity index (χ2n) is 4.75. The fraction of sp³-hybridized carbons (Fsp3) is 0.111. The fourth-order valence-electron chi connectivity index (χ4n) is 1.95. The van der Waals surface area contributed by atoms with E-state index in [1.54, 1.807) is 24.3 Å². The molecule has 124 valence electrons. The number of halogens is 1. The van der Waals surface area contributed by atoms with E-state index in [9.17, 15) is 14.7 Å². The number of carboxylic acid groups (broad SMARTS) is 1. The van der Waals surface area contributed by atoms with Gasteiger partial charge in [-0.05, 0) is 42.0 Å². The highest BCUT2D eigenvalue weighted by Gasteiger charge is 2.10. The van der Waals surface area contributed by atoms with Gasteiger partial charge in [0.1, 0.15) is 6.61 Å². The van der Waals surface area contributed by atoms with Crippen LogP contribution in [0.5, 0.6) is 11.5 Å². The predicted molar refractivity (Wildman–Crippen MR) is 88.3 cm³/mol. The molecule has 0 aromatic heterocycles. The van der Waals surface area contributed by atoms with E-state index in [0.29, 0.717) is 10.6 Å². The number of benzene rings is 2. The van der Waals surface area contributed by atoms with Crippen LogP contribution in [0.15, 0.2) is 48.5 Å². The van der Waals surface area contributed by atoms with Crippen molar-refractivity contribution in [2.75, 3.05) is 13.7 Å². The van der Waals surface area contributed by atoms with Gasteiger partial charge in [-0.15, -0.1) is 0 Å². The molecule has 0 atom stereocenters. The molecule has 0 heterocycles. The van der Waals surface area contributed by atoms with Gasteiger partial charge in [-0.2, -0.15) is 0 Å². The maximum Gasteiger partial charge on any atom is 0.185 e. The summed E-state index contributed by atoms with van der Waals surface area (Å²) in [7, 11) is 1.40. The number of carbonyl (C=O) groups is 2. The van der Waals surface area contributed by atoms with Crippen molar-refractivity contribution in [1.82, 2.24) is 0 Å². The smallest absolute Gasteiger partial charge is 0.185 e. The summed E-state index contributed by atoms with van der Waals surface area (Å²) >= 11 is 6.03. The summed E-state index contributed by atoms with van der Waals surface area (Å²) in [6.07, 6.45) is 3.02. The topological polar surface area (TPSA) is 75.7 Å². The van der Waals surface area contributed by atoms with E-state index in [-0.39, 0.29) is 17.3 Å². The molecule has 0 aliphatic rings. The van der Waals surface area contributed by atoms with Gasteiger partial charge in [-0.1, -0.05) is 29.8 Å². The summed E-state index contributed by atoms with van der Waals surface area (Å²) in [5.74, 6) is -1.12. The summed E-state index contributed by atoms with van der Waals surface area (Å²) in [5.41, 5.74) is 1.10. The van der Waals surface area contributed by atoms with Gasteiger partial charge in [0.15, 0.2) is 17.3 Å². The molecule has 0 unspecified atom stereocenters. The molecule has 0 radical (unpaired) electrons. The van der Waals surface area contributed by atoms with Gasteiger partial charge in [-0.25, -0.2) is 0 Å². The average Bonchev–Trinajstić information content (AvgIpc) is 2.58. The Bertz CT molecular complexity index is 783. The number of aliphatic carboxylic acids is 1. The highest BCUT2D eigenvalue weighted by molar-refractivity contribution is 6.32. The molecule has 2 aromatic rings. The molecule has 0 fully saturated rings. The van der Waals surface area contributed by atoms with Gasteiger partial charge in [0.05, 0.1) is 13.1 Å². The zero-order valence-electron chi connectivity index (χ0n) is 12.8. The molecule has 2 aromatic carbocycles. The summed E-state index contributed by atoms with van der Waals surface area (Å²) in [5, 5.41) is 11.0. The number of hydrogen-bond acceptors (Lipinski definition) is 5. The third kappa shape index (κ3) is 4.60. The Kier molecular flexibility index (Phi) is 5.98. The van der Waals surface area contributed by atoms with Crippen LogP contribution in [0.25, 0.3) is 6.08 Å². The predicted octanol–water partition coefficient (Wildman–Crippen LogP) is 2.37. The van der Waals surface area contributed by atoms with Crippen molar-refractivity contribution in [3.63, 3.8) is 0 Å². The Labute approximate surface area is 144 Å². The first-order chi connectivity index (χ1) is 11.5. The number of carbonyl (C=O) groups excluding carboxylic acids is 2. The first-order valence-corrected chi connectivity index (χ1v) is 7.36. The maximum absolute atomic E-state index is 12.2. The average molecular weight is 346 g/mol. The second-order valence-corrected chi connectivity index (χ2v) is 5.15. The van der Waals surface area contributed by atoms with Crippen LogP contribution in [-0.4, -0.2) is 25.5 Å². The van der Waals surface area contributed by atoms with Crippen molar-refractivity contribution in [3.8, 4) is 11.5 Å². The molecule has 0 spiro atoms. The van der Waals surface area contributed by atoms with Crippen molar-refractivity contribution in [1.29, 1.82) is 0 Å². The van der Waals surface area contributed by atoms with Crippen LogP contribution >= 0.6 is 11.6 Å². The van der Waals surface area contributed by atoms with Crippen molar-refractivity contribution in [3.05, 3.63) is 64.7 Å². The molecule has 0 bridgehead atoms. The van der Waals surface area contributed by atoms with Gasteiger partial charge in [0.25, 0.3) is 0 Å². The van der Waals surface area contributed by atoms with E-state index < -0.39 is 12.6 Å². The molecule has 0 aliphatic heterocycles. The number of ether oxygens (including phenoxy) is 2. The molecular weight excluding hydrogens is 332 g/mol. The van der Waals surface area contributed by atoms with Crippen LogP contribution in [0.3, 0.4) is 0 Å². The van der Waals surface area contributed by atoms with E-state index in [1.165, 1.54) is 31.4 Å². The number of allylic oxidation sites excluding steroid dienone is 1. The van der Waals surface area contributed by atoms with Crippen LogP contribution in [0.1, 0.15) is 15.9 Å². The summed E-state index contributed by atoms with van der Waals surface area (Å²) in [6, 6.07) is 11.6. The third-order valence-corrected chi connectivity index (χ3v) is 3.46. The largest absolute Gasteiger partial charge is 0.546 e. The molecule has 0 amide bonds. The highest BCUT2D eigenvalue weighted by Crippen LogP contribution is 2.28. The zero-order valence-corrected chi connectivity index (χ0v) is 13.6. The van der Waals surface area contributed by atoms with Crippen LogP contribution in [0.4, 0.5) is 0 Å². The minimum absolute atomic E-state index is 0.216. The Morgan fingerprint density at radius 3 is 2.58 bits per heavy atom. The van der Waals surface area contributed by atoms with E-state index in [2.05, 4.69) is 0 Å². The number of hydrogen-bond donors (Lipinski definition) is 0. The fourth-order valence-corrected chi connectivity index (χ4v) is 2.15. The first-order valence-electron chi connectivity index (χ1n) is 6.99. The van der Waals surface area contributed by atoms with Crippen LogP contribution in [0.2, 0.25) is 5.02 Å². The third-order valence-electron chi connectivity index (χ3n) is 3.11. The minimum Gasteiger partial charge on any atom is -0.546 e. The standard InChI is InChI=1S/C18H15ClO5/c1-23-17-10-13(7-9-16(17)24-11-18(21)22)15(20)8-6-12-4-2-3-5-14(12)19/h2-10H,11H2,1H3,(H,21,22)/p-1/b8-6+. The Hall–Kier alpha value is -2.79. The lowest BCUT2D eigenvalue weighted by molar-refractivity contribution is -0.307. The maximum atomic E-state index is 12.2. The zero-order chi connectivity index (χ0) is 17.5. The first kappa shape index (κ1) is 17.6. The number of methoxy groups -OCH3 is 1. The molecule has 6 heteroatoms. The SMILES string of the molecule is COc1cc(C(=O)/C=C/c2ccccc2Cl)ccc1OCC(=O)[O-]. The molecule has 0 saturated carbocycles. The summed E-state index contributed by atoms with van der Waals surface area (Å²) in [4.78, 5) is 22.7. The molecule has 5 nitrogen and oxygen atoms in total. The number of carboxylic acids is 1. The highest BCUT2D eigenvalue weighted by atomic mass is 35.5. The lowest BCUT2D eigenvalue weighted by Crippen LogP contribution is -2.29. The second kappa shape index (κ2) is 8.17. The number of ketones is 1. The van der Waals surface area contributed by atoms with Crippen LogP contribution in [0, 0.1) is 0 Å². The Morgan fingerprint density at radius 1 is 1.17 bits per heavy atom. The molecule has 2 rings (SSSR count). The molecule has 0 N–H and O–H groups in total. The summed E-state index contributed by atoms with van der Waals surface area (Å²) in [6.45, 7) is -0.601. The van der Waals surface area contributed by atoms with Crippen LogP contribution < -0.4 is 14.6 Å². The molecule has 24 heavy (non-hydrogen) atoms.